The first-order valence-corrected chi connectivity index (χ1v) is 4.02. The first-order valence-electron chi connectivity index (χ1n) is 4.02. The smallest absolute Gasteiger partial charge is 0.205 e. The fraction of sp³-hybridized carbons (Fsp3) is 0.400. The van der Waals surface area contributed by atoms with Crippen LogP contribution in [-0.4, -0.2) is 0 Å². The van der Waals surface area contributed by atoms with Gasteiger partial charge < -0.3 is 0 Å². The summed E-state index contributed by atoms with van der Waals surface area (Å²) >= 11 is 0. The van der Waals surface area contributed by atoms with E-state index < -0.39 is 6.43 Å². The number of rotatable bonds is 2. The zero-order chi connectivity index (χ0) is 9.14. The van der Waals surface area contributed by atoms with Crippen LogP contribution in [0.5, 0.6) is 0 Å². The lowest BCUT2D eigenvalue weighted by Crippen LogP contribution is -1.90. The summed E-state index contributed by atoms with van der Waals surface area (Å²) < 4.78 is 24.4. The van der Waals surface area contributed by atoms with Gasteiger partial charge in [-0.05, 0) is 24.5 Å². The number of halogens is 2. The lowest BCUT2D eigenvalue weighted by Gasteiger charge is -2.05. The highest BCUT2D eigenvalue weighted by Crippen LogP contribution is 2.21. The van der Waals surface area contributed by atoms with Gasteiger partial charge in [-0.2, -0.15) is 0 Å². The van der Waals surface area contributed by atoms with E-state index in [0.29, 0.717) is 0 Å². The van der Waals surface area contributed by atoms with Gasteiger partial charge in [-0.25, -0.2) is 8.78 Å². The Hall–Kier alpha value is -0.920. The molecule has 0 bridgehead atoms. The molecule has 0 N–H and O–H groups in total. The number of aryl methyl sites for hydroxylation is 2. The molecule has 0 heterocycles. The molecule has 0 aliphatic heterocycles. The van der Waals surface area contributed by atoms with E-state index in [1.807, 2.05) is 13.8 Å². The van der Waals surface area contributed by atoms with Crippen LogP contribution in [0, 0.1) is 6.92 Å². The maximum absolute atomic E-state index is 12.2. The molecule has 1 aromatic carbocycles. The fourth-order valence-corrected chi connectivity index (χ4v) is 1.25. The maximum Gasteiger partial charge on any atom is 0.263 e. The van der Waals surface area contributed by atoms with E-state index in [4.69, 9.17) is 0 Å². The quantitative estimate of drug-likeness (QED) is 0.637. The van der Waals surface area contributed by atoms with Crippen LogP contribution in [-0.2, 0) is 6.42 Å². The molecule has 0 aliphatic carbocycles. The van der Waals surface area contributed by atoms with Crippen LogP contribution in [0.2, 0.25) is 0 Å². The van der Waals surface area contributed by atoms with Crippen LogP contribution in [0.15, 0.2) is 18.2 Å². The highest BCUT2D eigenvalue weighted by molar-refractivity contribution is 5.31. The Bertz CT molecular complexity index is 267. The van der Waals surface area contributed by atoms with E-state index in [1.54, 1.807) is 12.1 Å². The van der Waals surface area contributed by atoms with E-state index in [-0.39, 0.29) is 5.56 Å². The molecule has 12 heavy (non-hydrogen) atoms. The molecule has 0 amide bonds. The Morgan fingerprint density at radius 3 is 2.42 bits per heavy atom. The van der Waals surface area contributed by atoms with Gasteiger partial charge in [0.25, 0.3) is 6.43 Å². The van der Waals surface area contributed by atoms with E-state index in [1.165, 1.54) is 6.07 Å². The summed E-state index contributed by atoms with van der Waals surface area (Å²) in [5, 5.41) is 0. The van der Waals surface area contributed by atoms with Crippen LogP contribution in [0.25, 0.3) is 0 Å². The third-order valence-corrected chi connectivity index (χ3v) is 2.00. The van der Waals surface area contributed by atoms with Gasteiger partial charge in [-0.15, -0.1) is 0 Å². The molecule has 1 aromatic rings. The van der Waals surface area contributed by atoms with Gasteiger partial charge in [0.2, 0.25) is 0 Å². The first kappa shape index (κ1) is 9.17. The molecule has 0 aromatic heterocycles. The van der Waals surface area contributed by atoms with Crippen LogP contribution < -0.4 is 0 Å². The average Bonchev–Trinajstić information content (AvgIpc) is 2.04. The van der Waals surface area contributed by atoms with Gasteiger partial charge in [-0.1, -0.05) is 25.1 Å². The molecule has 0 radical (unpaired) electrons. The van der Waals surface area contributed by atoms with E-state index >= 15 is 0 Å². The molecule has 66 valence electrons. The predicted octanol–water partition coefficient (Wildman–Crippen LogP) is 3.50. The Kier molecular flexibility index (Phi) is 2.79. The average molecular weight is 170 g/mol. The molecule has 0 nitrogen and oxygen atoms in total. The number of alkyl halides is 2. The number of benzene rings is 1. The van der Waals surface area contributed by atoms with Crippen molar-refractivity contribution in [2.75, 3.05) is 0 Å². The first-order chi connectivity index (χ1) is 5.65. The summed E-state index contributed by atoms with van der Waals surface area (Å²) in [6.45, 7) is 3.88. The largest absolute Gasteiger partial charge is 0.263 e. The Balaban J connectivity index is 3.02. The van der Waals surface area contributed by atoms with Crippen molar-refractivity contribution in [1.82, 2.24) is 0 Å². The van der Waals surface area contributed by atoms with E-state index in [2.05, 4.69) is 0 Å². The van der Waals surface area contributed by atoms with Crippen molar-refractivity contribution in [2.45, 2.75) is 26.7 Å². The summed E-state index contributed by atoms with van der Waals surface area (Å²) in [5.41, 5.74) is 2.21. The van der Waals surface area contributed by atoms with Gasteiger partial charge >= 0.3 is 0 Å². The van der Waals surface area contributed by atoms with Crippen molar-refractivity contribution < 1.29 is 8.78 Å². The van der Waals surface area contributed by atoms with Crippen LogP contribution in [0.1, 0.15) is 30.0 Å². The molecule has 0 aliphatic rings. The zero-order valence-electron chi connectivity index (χ0n) is 7.27. The Morgan fingerprint density at radius 1 is 1.33 bits per heavy atom. The molecular weight excluding hydrogens is 158 g/mol. The normalized spacial score (nSPS) is 10.8. The maximum atomic E-state index is 12.2. The molecule has 0 saturated carbocycles. The summed E-state index contributed by atoms with van der Waals surface area (Å²) in [7, 11) is 0. The lowest BCUT2D eigenvalue weighted by atomic mass is 10.0. The standard InChI is InChI=1S/C10H12F2/c1-3-8-4-5-9(10(11)12)6-7(8)2/h4-6,10H,3H2,1-2H3. The van der Waals surface area contributed by atoms with Crippen molar-refractivity contribution in [3.8, 4) is 0 Å². The summed E-state index contributed by atoms with van der Waals surface area (Å²) in [6.07, 6.45) is -1.45. The van der Waals surface area contributed by atoms with Crippen molar-refractivity contribution in [3.63, 3.8) is 0 Å². The fourth-order valence-electron chi connectivity index (χ4n) is 1.25. The Morgan fingerprint density at radius 2 is 2.00 bits per heavy atom. The molecule has 1 rings (SSSR count). The SMILES string of the molecule is CCc1ccc(C(F)F)cc1C. The molecular formula is C10H12F2. The molecule has 0 spiro atoms. The predicted molar refractivity (Wildman–Crippen MR) is 45.5 cm³/mol. The van der Waals surface area contributed by atoms with E-state index in [9.17, 15) is 8.78 Å². The molecule has 0 saturated heterocycles. The van der Waals surface area contributed by atoms with Crippen molar-refractivity contribution in [1.29, 1.82) is 0 Å². The summed E-state index contributed by atoms with van der Waals surface area (Å²) in [5.74, 6) is 0. The van der Waals surface area contributed by atoms with Gasteiger partial charge in [0, 0.05) is 5.56 Å². The summed E-state index contributed by atoms with van der Waals surface area (Å²) in [6, 6.07) is 4.83. The van der Waals surface area contributed by atoms with Gasteiger partial charge in [0.15, 0.2) is 0 Å². The highest BCUT2D eigenvalue weighted by atomic mass is 19.3. The number of hydrogen-bond donors (Lipinski definition) is 0. The van der Waals surface area contributed by atoms with Crippen LogP contribution >= 0.6 is 0 Å². The van der Waals surface area contributed by atoms with Gasteiger partial charge in [0.1, 0.15) is 0 Å². The Labute approximate surface area is 71.2 Å². The molecule has 0 unspecified atom stereocenters. The van der Waals surface area contributed by atoms with E-state index in [0.717, 1.165) is 17.5 Å². The van der Waals surface area contributed by atoms with Gasteiger partial charge in [-0.3, -0.25) is 0 Å². The highest BCUT2D eigenvalue weighted by Gasteiger charge is 2.07. The van der Waals surface area contributed by atoms with Crippen LogP contribution in [0.4, 0.5) is 8.78 Å². The monoisotopic (exact) mass is 170 g/mol. The van der Waals surface area contributed by atoms with Crippen molar-refractivity contribution in [3.05, 3.63) is 34.9 Å². The third-order valence-electron chi connectivity index (χ3n) is 2.00. The lowest BCUT2D eigenvalue weighted by molar-refractivity contribution is 0.151. The minimum Gasteiger partial charge on any atom is -0.205 e. The zero-order valence-corrected chi connectivity index (χ0v) is 7.27. The molecule has 0 atom stereocenters. The second-order valence-electron chi connectivity index (χ2n) is 2.84. The molecule has 0 fully saturated rings. The molecule has 2 heteroatoms. The van der Waals surface area contributed by atoms with Crippen molar-refractivity contribution >= 4 is 0 Å². The minimum atomic E-state index is -2.35. The van der Waals surface area contributed by atoms with Crippen molar-refractivity contribution in [2.24, 2.45) is 0 Å². The van der Waals surface area contributed by atoms with Crippen LogP contribution in [0.3, 0.4) is 0 Å². The van der Waals surface area contributed by atoms with Gasteiger partial charge in [0.05, 0.1) is 0 Å². The third kappa shape index (κ3) is 1.81. The summed E-state index contributed by atoms with van der Waals surface area (Å²) in [4.78, 5) is 0. The topological polar surface area (TPSA) is 0 Å². The number of hydrogen-bond acceptors (Lipinski definition) is 0. The minimum absolute atomic E-state index is 0.115. The second-order valence-corrected chi connectivity index (χ2v) is 2.84. The second kappa shape index (κ2) is 3.65.